The molecule has 0 saturated carbocycles. The largest absolute Gasteiger partial charge is 0.330 e. The molecule has 0 unspecified atom stereocenters. The van der Waals surface area contributed by atoms with E-state index in [1.807, 2.05) is 41.8 Å². The fraction of sp³-hybridized carbons (Fsp3) is 1.00. The maximum absolute atomic E-state index is 5.14. The molecule has 0 amide bonds. The van der Waals surface area contributed by atoms with Gasteiger partial charge in [-0.2, -0.15) is 0 Å². The average Bonchev–Trinajstić information content (AvgIpc) is 2.74. The Morgan fingerprint density at radius 1 is 0.375 bits per heavy atom. The predicted octanol–water partition coefficient (Wildman–Crippen LogP) is 18.9. The third-order valence-corrected chi connectivity index (χ3v) is 3.08. The van der Waals surface area contributed by atoms with E-state index >= 15 is 0 Å². The van der Waals surface area contributed by atoms with Gasteiger partial charge in [0, 0.05) is 0 Å². The first-order valence-electron chi connectivity index (χ1n) is 12.2. The Balaban J connectivity index is -0.00000000478. The van der Waals surface area contributed by atoms with Crippen LogP contribution >= 0.6 is 0 Å². The Hall–Kier alpha value is -0.160. The van der Waals surface area contributed by atoms with Crippen molar-refractivity contribution < 1.29 is 0 Å². The van der Waals surface area contributed by atoms with Crippen LogP contribution in [0.1, 0.15) is 255 Å². The van der Waals surface area contributed by atoms with E-state index in [9.17, 15) is 0 Å². The summed E-state index contributed by atoms with van der Waals surface area (Å²) in [6.45, 7) is 21.1. The van der Waals surface area contributed by atoms with Crippen molar-refractivity contribution in [2.75, 3.05) is 54.4 Å². The standard InChI is InChI=1S/C6H15N.2C5H13N.C4H11N.2C2H6.20CH4/c1-4-5-6-7(2)3;2*1-3-4-5-6-2;1-2-3-4-5;2*1-2;;;;;;;;;;;;;;;;;;;;/h4-6H2,1-3H3;2*6H,3-5H2,1-2H3;2-5H2,1H3;2*1-2H3;20*1H4. The maximum atomic E-state index is 5.14. The Morgan fingerprint density at radius 3 is 0.604 bits per heavy atom. The van der Waals surface area contributed by atoms with Gasteiger partial charge < -0.3 is 21.3 Å². The van der Waals surface area contributed by atoms with Crippen LogP contribution < -0.4 is 16.4 Å². The third-order valence-electron chi connectivity index (χ3n) is 3.08. The summed E-state index contributed by atoms with van der Waals surface area (Å²) in [5.41, 5.74) is 5.14. The Morgan fingerprint density at radius 2 is 0.562 bits per heavy atom. The predicted molar refractivity (Wildman–Crippen MR) is 272 cm³/mol. The number of nitrogens with one attached hydrogen (secondary N) is 2. The molecule has 0 aromatic rings. The van der Waals surface area contributed by atoms with Crippen molar-refractivity contribution in [2.24, 2.45) is 5.73 Å². The number of nitrogens with zero attached hydrogens (tertiary/aromatic N) is 1. The van der Waals surface area contributed by atoms with Crippen LogP contribution in [-0.2, 0) is 0 Å². The zero-order valence-corrected chi connectivity index (χ0v) is 22.5. The van der Waals surface area contributed by atoms with Crippen LogP contribution in [0.4, 0.5) is 0 Å². The van der Waals surface area contributed by atoms with Crippen molar-refractivity contribution in [1.29, 1.82) is 0 Å². The molecule has 340 valence electrons. The molecule has 0 aliphatic rings. The van der Waals surface area contributed by atoms with Crippen molar-refractivity contribution >= 4 is 0 Å². The fourth-order valence-electron chi connectivity index (χ4n) is 1.39. The smallest absolute Gasteiger partial charge is 0.00249 e. The molecular weight excluding hydrogens is 585 g/mol. The van der Waals surface area contributed by atoms with E-state index in [1.165, 1.54) is 57.9 Å². The van der Waals surface area contributed by atoms with Crippen LogP contribution in [0, 0.1) is 0 Å². The molecule has 0 rings (SSSR count). The van der Waals surface area contributed by atoms with E-state index in [4.69, 9.17) is 5.73 Å². The number of hydrogen-bond acceptors (Lipinski definition) is 4. The lowest BCUT2D eigenvalue weighted by Gasteiger charge is -2.05. The van der Waals surface area contributed by atoms with E-state index < -0.39 is 0 Å². The third kappa shape index (κ3) is 657. The summed E-state index contributed by atoms with van der Waals surface area (Å²) < 4.78 is 0. The quantitative estimate of drug-likeness (QED) is 0.185. The zero-order chi connectivity index (χ0) is 23.5. The summed E-state index contributed by atoms with van der Waals surface area (Å²) in [5.74, 6) is 0. The van der Waals surface area contributed by atoms with Gasteiger partial charge in [0.25, 0.3) is 0 Å². The number of unbranched alkanes of at least 4 members (excludes halogenated alkanes) is 4. The van der Waals surface area contributed by atoms with Gasteiger partial charge in [-0.3, -0.25) is 0 Å². The SMILES string of the molecule is C.C.C.C.C.C.C.C.C.C.C.C.C.C.C.C.C.C.C.C.CC.CC.CCCCN.CCCCN(C)C.CCCCNC.CCCCNC. The molecule has 0 bridgehead atoms. The molecule has 48 heavy (non-hydrogen) atoms. The highest BCUT2D eigenvalue weighted by Gasteiger charge is 1.83. The lowest BCUT2D eigenvalue weighted by atomic mass is 10.3. The molecule has 4 N–H and O–H groups in total. The van der Waals surface area contributed by atoms with Crippen LogP contribution in [0.3, 0.4) is 0 Å². The Bertz CT molecular complexity index is 139. The van der Waals surface area contributed by atoms with Crippen molar-refractivity contribution in [3.8, 4) is 0 Å². The van der Waals surface area contributed by atoms with Gasteiger partial charge in [0.05, 0.1) is 0 Å². The first-order valence-corrected chi connectivity index (χ1v) is 12.2. The van der Waals surface area contributed by atoms with E-state index in [0.717, 1.165) is 19.6 Å². The average molecular weight is 730 g/mol. The van der Waals surface area contributed by atoms with E-state index in [0.29, 0.717) is 0 Å². The fourth-order valence-corrected chi connectivity index (χ4v) is 1.39. The summed E-state index contributed by atoms with van der Waals surface area (Å²) in [6, 6.07) is 0. The molecule has 0 heterocycles. The first kappa shape index (κ1) is 220. The molecule has 0 aromatic carbocycles. The van der Waals surface area contributed by atoms with E-state index in [2.05, 4.69) is 57.3 Å². The number of rotatable bonds is 11. The minimum Gasteiger partial charge on any atom is -0.330 e. The molecule has 0 fully saturated rings. The van der Waals surface area contributed by atoms with Crippen LogP contribution in [0.5, 0.6) is 0 Å². The summed E-state index contributed by atoms with van der Waals surface area (Å²) in [5, 5.41) is 6.14. The monoisotopic (exact) mass is 729 g/mol. The van der Waals surface area contributed by atoms with E-state index in [-0.39, 0.29) is 149 Å². The van der Waals surface area contributed by atoms with Gasteiger partial charge in [0.15, 0.2) is 0 Å². The van der Waals surface area contributed by atoms with Gasteiger partial charge in [-0.25, -0.2) is 0 Å². The molecule has 0 aliphatic heterocycles. The van der Waals surface area contributed by atoms with Crippen molar-refractivity contribution in [3.05, 3.63) is 0 Å². The molecule has 0 atom stereocenters. The molecule has 0 aliphatic carbocycles. The molecule has 0 radical (unpaired) electrons. The van der Waals surface area contributed by atoms with Gasteiger partial charge in [0.2, 0.25) is 0 Å². The van der Waals surface area contributed by atoms with Crippen LogP contribution in [0.15, 0.2) is 0 Å². The number of nitrogens with two attached hydrogens (primary N) is 1. The minimum atomic E-state index is 0. The van der Waals surface area contributed by atoms with Gasteiger partial charge >= 0.3 is 0 Å². The zero-order valence-electron chi connectivity index (χ0n) is 22.5. The second-order valence-electron chi connectivity index (χ2n) is 6.21. The highest BCUT2D eigenvalue weighted by Crippen LogP contribution is 1.86. The second kappa shape index (κ2) is 347. The highest BCUT2D eigenvalue weighted by molar-refractivity contribution is 4.39. The highest BCUT2D eigenvalue weighted by atomic mass is 15.0. The lowest BCUT2D eigenvalue weighted by Crippen LogP contribution is -2.12. The molecule has 0 spiro atoms. The second-order valence-corrected chi connectivity index (χ2v) is 6.21. The Labute approximate surface area is 330 Å². The van der Waals surface area contributed by atoms with Gasteiger partial charge in [-0.15, -0.1) is 0 Å². The summed E-state index contributed by atoms with van der Waals surface area (Å²) in [4.78, 5) is 2.21. The number of hydrogen-bond donors (Lipinski definition) is 3. The van der Waals surface area contributed by atoms with Crippen LogP contribution in [-0.4, -0.2) is 59.3 Å². The summed E-state index contributed by atoms with van der Waals surface area (Å²) in [6.07, 6.45) is 10.2. The van der Waals surface area contributed by atoms with Crippen molar-refractivity contribution in [1.82, 2.24) is 15.5 Å². The first-order chi connectivity index (χ1) is 13.5. The van der Waals surface area contributed by atoms with Crippen LogP contribution in [0.2, 0.25) is 0 Å². The summed E-state index contributed by atoms with van der Waals surface area (Å²) >= 11 is 0. The molecule has 4 heteroatoms. The topological polar surface area (TPSA) is 53.3 Å². The van der Waals surface area contributed by atoms with Gasteiger partial charge in [0.1, 0.15) is 0 Å². The molecular formula is C44H144N4. The Kier molecular flexibility index (Phi) is 1590. The molecule has 4 nitrogen and oxygen atoms in total. The molecule has 0 saturated heterocycles. The van der Waals surface area contributed by atoms with Gasteiger partial charge in [-0.1, -0.05) is 230 Å². The van der Waals surface area contributed by atoms with Crippen molar-refractivity contribution in [2.45, 2.75) is 255 Å². The molecule has 0 aromatic heterocycles. The van der Waals surface area contributed by atoms with Gasteiger partial charge in [-0.05, 0) is 80.1 Å². The van der Waals surface area contributed by atoms with Crippen molar-refractivity contribution in [3.63, 3.8) is 0 Å². The minimum absolute atomic E-state index is 0. The van der Waals surface area contributed by atoms with Crippen LogP contribution in [0.25, 0.3) is 0 Å². The van der Waals surface area contributed by atoms with E-state index in [1.54, 1.807) is 0 Å². The summed E-state index contributed by atoms with van der Waals surface area (Å²) in [7, 11) is 8.18. The maximum Gasteiger partial charge on any atom is -0.00249 e. The normalized spacial score (nSPS) is 4.88. The lowest BCUT2D eigenvalue weighted by molar-refractivity contribution is 0.398.